The van der Waals surface area contributed by atoms with Gasteiger partial charge in [-0.15, -0.1) is 0 Å². The van der Waals surface area contributed by atoms with Gasteiger partial charge in [0.1, 0.15) is 11.3 Å². The van der Waals surface area contributed by atoms with Crippen LogP contribution in [0.1, 0.15) is 32.6 Å². The molecule has 1 fully saturated rings. The third-order valence-corrected chi connectivity index (χ3v) is 3.78. The van der Waals surface area contributed by atoms with Crippen molar-refractivity contribution in [2.75, 3.05) is 13.4 Å². The number of ether oxygens (including phenoxy) is 3. The zero-order valence-corrected chi connectivity index (χ0v) is 12.2. The average Bonchev–Trinajstić information content (AvgIpc) is 3.17. The van der Waals surface area contributed by atoms with Crippen molar-refractivity contribution < 1.29 is 14.2 Å². The SMILES string of the molecule is CC(C#N)(CCCOc1ccc2c(c1)OCO2)NC1CC1. The van der Waals surface area contributed by atoms with Crippen LogP contribution in [-0.4, -0.2) is 25.0 Å². The van der Waals surface area contributed by atoms with Crippen LogP contribution in [0.4, 0.5) is 0 Å². The summed E-state index contributed by atoms with van der Waals surface area (Å²) in [5.74, 6) is 2.26. The Bertz CT molecular complexity index is 551. The lowest BCUT2D eigenvalue weighted by Crippen LogP contribution is -2.42. The zero-order chi connectivity index (χ0) is 14.7. The Balaban J connectivity index is 1.44. The standard InChI is InChI=1S/C16H20N2O3/c1-16(10-17,18-12-3-4-12)7-2-8-19-13-5-6-14-15(9-13)21-11-20-14/h5-6,9,12,18H,2-4,7-8,11H2,1H3. The van der Waals surface area contributed by atoms with Crippen LogP contribution in [0.5, 0.6) is 17.2 Å². The molecule has 2 aliphatic rings. The molecule has 5 heteroatoms. The molecule has 1 saturated carbocycles. The highest BCUT2D eigenvalue weighted by Crippen LogP contribution is 2.35. The second-order valence-electron chi connectivity index (χ2n) is 5.83. The van der Waals surface area contributed by atoms with Crippen LogP contribution in [-0.2, 0) is 0 Å². The number of nitrogens with zero attached hydrogens (tertiary/aromatic N) is 1. The lowest BCUT2D eigenvalue weighted by Gasteiger charge is -2.23. The van der Waals surface area contributed by atoms with Crippen molar-refractivity contribution >= 4 is 0 Å². The van der Waals surface area contributed by atoms with E-state index in [1.54, 1.807) is 0 Å². The van der Waals surface area contributed by atoms with E-state index in [4.69, 9.17) is 14.2 Å². The maximum atomic E-state index is 9.30. The molecular weight excluding hydrogens is 268 g/mol. The van der Waals surface area contributed by atoms with Gasteiger partial charge in [-0.1, -0.05) is 0 Å². The molecule has 1 aromatic rings. The van der Waals surface area contributed by atoms with Gasteiger partial charge in [-0.05, 0) is 44.7 Å². The Kier molecular flexibility index (Phi) is 3.89. The number of hydrogen-bond acceptors (Lipinski definition) is 5. The van der Waals surface area contributed by atoms with E-state index in [2.05, 4.69) is 11.4 Å². The summed E-state index contributed by atoms with van der Waals surface area (Å²) in [6.45, 7) is 2.82. The van der Waals surface area contributed by atoms with Crippen molar-refractivity contribution in [2.45, 2.75) is 44.2 Å². The minimum Gasteiger partial charge on any atom is -0.493 e. The second kappa shape index (κ2) is 5.82. The summed E-state index contributed by atoms with van der Waals surface area (Å²) in [6, 6.07) is 8.48. The predicted octanol–water partition coefficient (Wildman–Crippen LogP) is 2.61. The highest BCUT2D eigenvalue weighted by molar-refractivity contribution is 5.46. The molecule has 1 aliphatic carbocycles. The van der Waals surface area contributed by atoms with E-state index in [0.29, 0.717) is 12.6 Å². The molecule has 0 radical (unpaired) electrons. The molecule has 0 spiro atoms. The molecule has 0 aromatic heterocycles. The van der Waals surface area contributed by atoms with Crippen molar-refractivity contribution in [3.8, 4) is 23.3 Å². The number of benzene rings is 1. The van der Waals surface area contributed by atoms with Gasteiger partial charge in [-0.2, -0.15) is 5.26 Å². The van der Waals surface area contributed by atoms with E-state index in [1.807, 2.05) is 25.1 Å². The fourth-order valence-corrected chi connectivity index (χ4v) is 2.42. The van der Waals surface area contributed by atoms with Gasteiger partial charge in [0.05, 0.1) is 12.7 Å². The first-order chi connectivity index (χ1) is 10.2. The monoisotopic (exact) mass is 288 g/mol. The van der Waals surface area contributed by atoms with Crippen LogP contribution >= 0.6 is 0 Å². The Hall–Kier alpha value is -1.93. The number of nitriles is 1. The molecular formula is C16H20N2O3. The van der Waals surface area contributed by atoms with E-state index in [-0.39, 0.29) is 6.79 Å². The molecule has 1 unspecified atom stereocenters. The maximum Gasteiger partial charge on any atom is 0.231 e. The Morgan fingerprint density at radius 1 is 1.38 bits per heavy atom. The summed E-state index contributed by atoms with van der Waals surface area (Å²) in [6.07, 6.45) is 3.98. The topological polar surface area (TPSA) is 63.5 Å². The van der Waals surface area contributed by atoms with Gasteiger partial charge < -0.3 is 14.2 Å². The fraction of sp³-hybridized carbons (Fsp3) is 0.562. The predicted molar refractivity (Wildman–Crippen MR) is 77.5 cm³/mol. The first-order valence-electron chi connectivity index (χ1n) is 7.40. The van der Waals surface area contributed by atoms with Gasteiger partial charge in [-0.25, -0.2) is 0 Å². The van der Waals surface area contributed by atoms with Crippen molar-refractivity contribution in [1.82, 2.24) is 5.32 Å². The van der Waals surface area contributed by atoms with Crippen molar-refractivity contribution in [1.29, 1.82) is 5.26 Å². The summed E-state index contributed by atoms with van der Waals surface area (Å²) < 4.78 is 16.3. The van der Waals surface area contributed by atoms with Crippen LogP contribution in [0.15, 0.2) is 18.2 Å². The first kappa shape index (κ1) is 14.0. The van der Waals surface area contributed by atoms with Crippen molar-refractivity contribution in [3.05, 3.63) is 18.2 Å². The number of nitrogens with one attached hydrogen (secondary N) is 1. The fourth-order valence-electron chi connectivity index (χ4n) is 2.42. The van der Waals surface area contributed by atoms with Gasteiger partial charge >= 0.3 is 0 Å². The van der Waals surface area contributed by atoms with E-state index in [0.717, 1.165) is 30.1 Å². The molecule has 21 heavy (non-hydrogen) atoms. The largest absolute Gasteiger partial charge is 0.493 e. The van der Waals surface area contributed by atoms with Gasteiger partial charge in [0.25, 0.3) is 0 Å². The van der Waals surface area contributed by atoms with E-state index in [9.17, 15) is 5.26 Å². The van der Waals surface area contributed by atoms with Crippen LogP contribution in [0.25, 0.3) is 0 Å². The molecule has 1 aliphatic heterocycles. The summed E-state index contributed by atoms with van der Waals surface area (Å²) in [7, 11) is 0. The minimum atomic E-state index is -0.445. The molecule has 5 nitrogen and oxygen atoms in total. The quantitative estimate of drug-likeness (QED) is 0.781. The van der Waals surface area contributed by atoms with Crippen LogP contribution < -0.4 is 19.5 Å². The summed E-state index contributed by atoms with van der Waals surface area (Å²) in [5, 5.41) is 12.7. The lowest BCUT2D eigenvalue weighted by molar-refractivity contribution is 0.173. The maximum absolute atomic E-state index is 9.30. The van der Waals surface area contributed by atoms with E-state index < -0.39 is 5.54 Å². The third-order valence-electron chi connectivity index (χ3n) is 3.78. The third kappa shape index (κ3) is 3.59. The van der Waals surface area contributed by atoms with E-state index in [1.165, 1.54) is 12.8 Å². The molecule has 1 atom stereocenters. The molecule has 0 amide bonds. The molecule has 1 N–H and O–H groups in total. The summed E-state index contributed by atoms with van der Waals surface area (Å²) >= 11 is 0. The summed E-state index contributed by atoms with van der Waals surface area (Å²) in [5.41, 5.74) is -0.445. The highest BCUT2D eigenvalue weighted by Gasteiger charge is 2.31. The molecule has 3 rings (SSSR count). The van der Waals surface area contributed by atoms with Gasteiger partial charge in [-0.3, -0.25) is 5.32 Å². The van der Waals surface area contributed by atoms with Crippen molar-refractivity contribution in [3.63, 3.8) is 0 Å². The van der Waals surface area contributed by atoms with Gasteiger partial charge in [0, 0.05) is 12.1 Å². The van der Waals surface area contributed by atoms with Crippen molar-refractivity contribution in [2.24, 2.45) is 0 Å². The molecule has 1 aromatic carbocycles. The van der Waals surface area contributed by atoms with E-state index >= 15 is 0 Å². The van der Waals surface area contributed by atoms with Crippen LogP contribution in [0, 0.1) is 11.3 Å². The summed E-state index contributed by atoms with van der Waals surface area (Å²) in [4.78, 5) is 0. The smallest absolute Gasteiger partial charge is 0.231 e. The number of fused-ring (bicyclic) bond motifs is 1. The minimum absolute atomic E-state index is 0.270. The van der Waals surface area contributed by atoms with Crippen LogP contribution in [0.3, 0.4) is 0 Å². The highest BCUT2D eigenvalue weighted by atomic mass is 16.7. The first-order valence-corrected chi connectivity index (χ1v) is 7.40. The Labute approximate surface area is 124 Å². The molecule has 0 bridgehead atoms. The Morgan fingerprint density at radius 2 is 2.19 bits per heavy atom. The van der Waals surface area contributed by atoms with Gasteiger partial charge in [0.2, 0.25) is 6.79 Å². The molecule has 0 saturated heterocycles. The number of hydrogen-bond donors (Lipinski definition) is 1. The Morgan fingerprint density at radius 3 is 2.95 bits per heavy atom. The van der Waals surface area contributed by atoms with Crippen LogP contribution in [0.2, 0.25) is 0 Å². The zero-order valence-electron chi connectivity index (χ0n) is 12.2. The average molecular weight is 288 g/mol. The van der Waals surface area contributed by atoms with Gasteiger partial charge in [0.15, 0.2) is 11.5 Å². The molecule has 112 valence electrons. The normalized spacial score (nSPS) is 18.9. The lowest BCUT2D eigenvalue weighted by atomic mass is 9.98. The molecule has 1 heterocycles. The second-order valence-corrected chi connectivity index (χ2v) is 5.83. The number of rotatable bonds is 7.